The molecule has 4 rings (SSSR count). The quantitative estimate of drug-likeness (QED) is 0.186. The second kappa shape index (κ2) is 11.8. The number of anilines is 2. The maximum atomic E-state index is 13.7. The topological polar surface area (TPSA) is 113 Å². The van der Waals surface area contributed by atoms with E-state index in [9.17, 15) is 18.1 Å². The maximum absolute atomic E-state index is 13.7. The molecule has 0 aliphatic heterocycles. The number of rotatable bonds is 11. The first-order valence-electron chi connectivity index (χ1n) is 12.8. The van der Waals surface area contributed by atoms with Crippen molar-refractivity contribution >= 4 is 40.6 Å². The van der Waals surface area contributed by atoms with Crippen LogP contribution in [0.1, 0.15) is 11.1 Å². The number of nitriles is 1. The number of fused-ring (bicyclic) bond motifs is 1. The van der Waals surface area contributed by atoms with Gasteiger partial charge in [0.15, 0.2) is 0 Å². The molecule has 0 atom stereocenters. The van der Waals surface area contributed by atoms with Gasteiger partial charge in [-0.05, 0) is 48.0 Å². The lowest BCUT2D eigenvalue weighted by Crippen LogP contribution is -2.27. The average Bonchev–Trinajstić information content (AvgIpc) is 3.27. The Labute approximate surface area is 235 Å². The van der Waals surface area contributed by atoms with Crippen LogP contribution in [0.2, 0.25) is 25.7 Å². The SMILES string of the molecule is CN(c1ncccc1CNc1c(C#N)cnc2c1cc(-c1ccc(F)cc1)n2COCC[Si](C)(C)C)S(C)(=O)=O. The van der Waals surface area contributed by atoms with Crippen LogP contribution in [0.25, 0.3) is 22.3 Å². The lowest BCUT2D eigenvalue weighted by Gasteiger charge is -2.19. The molecule has 0 radical (unpaired) electrons. The van der Waals surface area contributed by atoms with E-state index in [4.69, 9.17) is 4.74 Å². The minimum absolute atomic E-state index is 0.209. The molecule has 9 nitrogen and oxygen atoms in total. The summed E-state index contributed by atoms with van der Waals surface area (Å²) in [6, 6.07) is 14.8. The van der Waals surface area contributed by atoms with E-state index in [0.717, 1.165) is 27.9 Å². The number of hydrogen-bond acceptors (Lipinski definition) is 7. The molecule has 3 aromatic heterocycles. The van der Waals surface area contributed by atoms with Crippen molar-refractivity contribution in [2.75, 3.05) is 29.5 Å². The number of ether oxygens (including phenoxy) is 1. The van der Waals surface area contributed by atoms with E-state index in [0.29, 0.717) is 40.3 Å². The van der Waals surface area contributed by atoms with Gasteiger partial charge in [0.2, 0.25) is 10.0 Å². The fourth-order valence-corrected chi connectivity index (χ4v) is 5.42. The standard InChI is InChI=1S/C28H33FN6O3SSi/c1-34(39(2,36)37)27-21(7-6-12-31-27)17-32-26-22(16-30)18-33-28-24(26)15-25(20-8-10-23(29)11-9-20)35(28)19-38-13-14-40(3,4)5/h6-12,15,18H,13-14,17,19H2,1-5H3,(H,32,33). The lowest BCUT2D eigenvalue weighted by molar-refractivity contribution is 0.0909. The number of halogens is 1. The molecule has 0 saturated carbocycles. The summed E-state index contributed by atoms with van der Waals surface area (Å²) in [4.78, 5) is 8.86. The molecule has 4 aromatic rings. The largest absolute Gasteiger partial charge is 0.379 e. The van der Waals surface area contributed by atoms with E-state index in [1.165, 1.54) is 31.6 Å². The van der Waals surface area contributed by atoms with Crippen LogP contribution < -0.4 is 9.62 Å². The van der Waals surface area contributed by atoms with E-state index in [1.807, 2.05) is 10.6 Å². The van der Waals surface area contributed by atoms with Crippen LogP contribution in [-0.2, 0) is 28.0 Å². The summed E-state index contributed by atoms with van der Waals surface area (Å²) >= 11 is 0. The van der Waals surface area contributed by atoms with Crippen LogP contribution in [0.4, 0.5) is 15.9 Å². The van der Waals surface area contributed by atoms with Crippen molar-refractivity contribution in [2.24, 2.45) is 0 Å². The van der Waals surface area contributed by atoms with Crippen molar-refractivity contribution in [3.8, 4) is 17.3 Å². The van der Waals surface area contributed by atoms with Gasteiger partial charge >= 0.3 is 0 Å². The minimum Gasteiger partial charge on any atom is -0.379 e. The van der Waals surface area contributed by atoms with Crippen LogP contribution in [0, 0.1) is 17.1 Å². The first-order chi connectivity index (χ1) is 18.9. The third kappa shape index (κ3) is 6.67. The molecule has 0 unspecified atom stereocenters. The van der Waals surface area contributed by atoms with Crippen LogP contribution >= 0.6 is 0 Å². The molecule has 0 aliphatic carbocycles. The highest BCUT2D eigenvalue weighted by Crippen LogP contribution is 2.34. The number of nitrogens with one attached hydrogen (secondary N) is 1. The molecule has 0 amide bonds. The van der Waals surface area contributed by atoms with Crippen molar-refractivity contribution in [2.45, 2.75) is 39.0 Å². The Bertz CT molecular complexity index is 1660. The Morgan fingerprint density at radius 1 is 1.18 bits per heavy atom. The summed E-state index contributed by atoms with van der Waals surface area (Å²) in [6.45, 7) is 7.92. The number of hydrogen-bond donors (Lipinski definition) is 1. The third-order valence-corrected chi connectivity index (χ3v) is 9.39. The molecule has 1 aromatic carbocycles. The minimum atomic E-state index is -3.53. The summed E-state index contributed by atoms with van der Waals surface area (Å²) in [6.07, 6.45) is 4.15. The van der Waals surface area contributed by atoms with Crippen LogP contribution in [0.15, 0.2) is 54.9 Å². The monoisotopic (exact) mass is 580 g/mol. The number of nitrogens with zero attached hydrogens (tertiary/aromatic N) is 5. The van der Waals surface area contributed by atoms with Crippen molar-refractivity contribution < 1.29 is 17.5 Å². The van der Waals surface area contributed by atoms with Crippen LogP contribution in [0.5, 0.6) is 0 Å². The highest BCUT2D eigenvalue weighted by atomic mass is 32.2. The van der Waals surface area contributed by atoms with E-state index in [2.05, 4.69) is 41.0 Å². The smallest absolute Gasteiger partial charge is 0.233 e. The van der Waals surface area contributed by atoms with Crippen LogP contribution in [0.3, 0.4) is 0 Å². The Balaban J connectivity index is 1.76. The zero-order valence-electron chi connectivity index (χ0n) is 23.3. The first-order valence-corrected chi connectivity index (χ1v) is 18.3. The van der Waals surface area contributed by atoms with Gasteiger partial charge < -0.3 is 14.6 Å². The van der Waals surface area contributed by atoms with Crippen molar-refractivity contribution in [1.29, 1.82) is 5.26 Å². The fraction of sp³-hybridized carbons (Fsp3) is 0.321. The Morgan fingerprint density at radius 3 is 2.55 bits per heavy atom. The van der Waals surface area contributed by atoms with Gasteiger partial charge in [-0.2, -0.15) is 5.26 Å². The highest BCUT2D eigenvalue weighted by molar-refractivity contribution is 7.92. The third-order valence-electron chi connectivity index (χ3n) is 6.52. The lowest BCUT2D eigenvalue weighted by atomic mass is 10.1. The summed E-state index contributed by atoms with van der Waals surface area (Å²) in [5, 5.41) is 13.9. The number of aromatic nitrogens is 3. The van der Waals surface area contributed by atoms with Gasteiger partial charge in [0.05, 0.1) is 23.2 Å². The van der Waals surface area contributed by atoms with E-state index < -0.39 is 18.1 Å². The zero-order chi connectivity index (χ0) is 29.1. The van der Waals surface area contributed by atoms with Gasteiger partial charge in [-0.15, -0.1) is 0 Å². The predicted molar refractivity (Wildman–Crippen MR) is 159 cm³/mol. The van der Waals surface area contributed by atoms with Gasteiger partial charge in [0, 0.05) is 51.6 Å². The second-order valence-electron chi connectivity index (χ2n) is 10.8. The summed E-state index contributed by atoms with van der Waals surface area (Å²) in [7, 11) is -3.37. The Hall–Kier alpha value is -3.79. The number of benzene rings is 1. The number of sulfonamides is 1. The molecule has 0 fully saturated rings. The molecule has 1 N–H and O–H groups in total. The molecule has 210 valence electrons. The molecule has 0 bridgehead atoms. The normalized spacial score (nSPS) is 11.9. The van der Waals surface area contributed by atoms with Gasteiger partial charge in [-0.3, -0.25) is 4.31 Å². The van der Waals surface area contributed by atoms with Gasteiger partial charge in [-0.1, -0.05) is 25.7 Å². The first kappa shape index (κ1) is 29.2. The van der Waals surface area contributed by atoms with Crippen molar-refractivity contribution in [3.63, 3.8) is 0 Å². The molecular formula is C28H33FN6O3SSi. The van der Waals surface area contributed by atoms with Crippen molar-refractivity contribution in [1.82, 2.24) is 14.5 Å². The molecule has 12 heteroatoms. The van der Waals surface area contributed by atoms with Crippen LogP contribution in [-0.4, -0.2) is 50.9 Å². The van der Waals surface area contributed by atoms with Gasteiger partial charge in [0.1, 0.15) is 30.1 Å². The van der Waals surface area contributed by atoms with E-state index >= 15 is 0 Å². The second-order valence-corrected chi connectivity index (χ2v) is 18.4. The average molecular weight is 581 g/mol. The zero-order valence-corrected chi connectivity index (χ0v) is 25.1. The summed E-state index contributed by atoms with van der Waals surface area (Å²) < 4.78 is 47.2. The molecule has 0 aliphatic rings. The Morgan fingerprint density at radius 2 is 1.90 bits per heavy atom. The molecule has 3 heterocycles. The molecule has 40 heavy (non-hydrogen) atoms. The van der Waals surface area contributed by atoms with E-state index in [-0.39, 0.29) is 19.1 Å². The van der Waals surface area contributed by atoms with Crippen molar-refractivity contribution in [3.05, 3.63) is 71.8 Å². The van der Waals surface area contributed by atoms with Gasteiger partial charge in [0.25, 0.3) is 0 Å². The summed E-state index contributed by atoms with van der Waals surface area (Å²) in [5.41, 5.74) is 3.67. The highest BCUT2D eigenvalue weighted by Gasteiger charge is 2.21. The van der Waals surface area contributed by atoms with Gasteiger partial charge in [-0.25, -0.2) is 22.8 Å². The fourth-order valence-electron chi connectivity index (χ4n) is 4.19. The predicted octanol–water partition coefficient (Wildman–Crippen LogP) is 5.43. The molecule has 0 spiro atoms. The summed E-state index contributed by atoms with van der Waals surface area (Å²) in [5.74, 6) is -0.0435. The molecular weight excluding hydrogens is 547 g/mol. The maximum Gasteiger partial charge on any atom is 0.233 e. The molecule has 0 saturated heterocycles. The van der Waals surface area contributed by atoms with E-state index in [1.54, 1.807) is 24.3 Å². The Kier molecular flexibility index (Phi) is 8.58. The number of pyridine rings is 2.